The van der Waals surface area contributed by atoms with E-state index in [4.69, 9.17) is 16.3 Å². The van der Waals surface area contributed by atoms with Gasteiger partial charge in [0.2, 0.25) is 10.0 Å². The number of benzene rings is 2. The molecule has 7 nitrogen and oxygen atoms in total. The van der Waals surface area contributed by atoms with E-state index in [1.54, 1.807) is 51.1 Å². The van der Waals surface area contributed by atoms with E-state index in [1.165, 1.54) is 23.4 Å². The maximum absolute atomic E-state index is 12.8. The molecular formula is C21H25ClN2O5S. The summed E-state index contributed by atoms with van der Waals surface area (Å²) < 4.78 is 32.2. The number of esters is 1. The number of carbonyl (C=O) groups excluding carboxylic acids is 2. The number of nitrogens with zero attached hydrogens (tertiary/aromatic N) is 1. The Morgan fingerprint density at radius 1 is 1.10 bits per heavy atom. The number of carbonyl (C=O) groups is 2. The molecule has 9 heteroatoms. The Kier molecular flexibility index (Phi) is 8.00. The molecule has 0 aliphatic heterocycles. The Labute approximate surface area is 182 Å². The van der Waals surface area contributed by atoms with Crippen molar-refractivity contribution in [3.05, 3.63) is 58.6 Å². The maximum Gasteiger partial charge on any atom is 0.338 e. The molecule has 0 aliphatic carbocycles. The zero-order chi connectivity index (χ0) is 22.5. The number of sulfonamides is 1. The van der Waals surface area contributed by atoms with Gasteiger partial charge in [-0.25, -0.2) is 13.2 Å². The first-order valence-electron chi connectivity index (χ1n) is 9.48. The number of amides is 1. The van der Waals surface area contributed by atoms with Gasteiger partial charge in [-0.2, -0.15) is 4.31 Å². The first kappa shape index (κ1) is 23.9. The number of rotatable bonds is 8. The van der Waals surface area contributed by atoms with Gasteiger partial charge >= 0.3 is 5.97 Å². The summed E-state index contributed by atoms with van der Waals surface area (Å²) in [6.07, 6.45) is -1.09. The van der Waals surface area contributed by atoms with Gasteiger partial charge in [0, 0.05) is 23.8 Å². The summed E-state index contributed by atoms with van der Waals surface area (Å²) in [5, 5.41) is 3.15. The maximum atomic E-state index is 12.8. The van der Waals surface area contributed by atoms with E-state index in [9.17, 15) is 18.0 Å². The lowest BCUT2D eigenvalue weighted by Gasteiger charge is -2.20. The highest BCUT2D eigenvalue weighted by atomic mass is 35.5. The number of hydrogen-bond acceptors (Lipinski definition) is 5. The molecule has 2 aromatic carbocycles. The summed E-state index contributed by atoms with van der Waals surface area (Å²) in [6.45, 7) is 7.22. The fourth-order valence-electron chi connectivity index (χ4n) is 2.77. The van der Waals surface area contributed by atoms with E-state index in [-0.39, 0.29) is 10.5 Å². The predicted molar refractivity (Wildman–Crippen MR) is 116 cm³/mol. The summed E-state index contributed by atoms with van der Waals surface area (Å²) in [6, 6.07) is 10.8. The van der Waals surface area contributed by atoms with Gasteiger partial charge < -0.3 is 10.1 Å². The van der Waals surface area contributed by atoms with Crippen molar-refractivity contribution in [2.24, 2.45) is 0 Å². The minimum absolute atomic E-state index is 0.0407. The van der Waals surface area contributed by atoms with Crippen LogP contribution in [0.2, 0.25) is 5.02 Å². The molecule has 2 rings (SSSR count). The van der Waals surface area contributed by atoms with Gasteiger partial charge in [-0.15, -0.1) is 0 Å². The SMILES string of the molecule is CCN(CC)S(=O)(=O)c1cc(C(=O)O[C@H](C)C(=O)Nc2ccc(Cl)cc2)ccc1C. The van der Waals surface area contributed by atoms with E-state index in [2.05, 4.69) is 5.32 Å². The van der Waals surface area contributed by atoms with Gasteiger partial charge in [0.1, 0.15) is 0 Å². The Hall–Kier alpha value is -2.42. The summed E-state index contributed by atoms with van der Waals surface area (Å²) >= 11 is 5.81. The molecule has 0 heterocycles. The topological polar surface area (TPSA) is 92.8 Å². The molecule has 1 N–H and O–H groups in total. The van der Waals surface area contributed by atoms with Crippen molar-refractivity contribution in [2.45, 2.75) is 38.7 Å². The molecule has 0 fully saturated rings. The van der Waals surface area contributed by atoms with Crippen LogP contribution in [0.25, 0.3) is 0 Å². The van der Waals surface area contributed by atoms with Crippen LogP contribution in [0.3, 0.4) is 0 Å². The zero-order valence-corrected chi connectivity index (χ0v) is 18.9. The number of ether oxygens (including phenoxy) is 1. The summed E-state index contributed by atoms with van der Waals surface area (Å²) in [5.74, 6) is -1.31. The van der Waals surface area contributed by atoms with Crippen LogP contribution >= 0.6 is 11.6 Å². The molecule has 162 valence electrons. The van der Waals surface area contributed by atoms with Crippen LogP contribution in [0, 0.1) is 6.92 Å². The smallest absolute Gasteiger partial charge is 0.338 e. The van der Waals surface area contributed by atoms with Gasteiger partial charge in [0.05, 0.1) is 10.5 Å². The number of nitrogens with one attached hydrogen (secondary N) is 1. The third kappa shape index (κ3) is 5.59. The molecule has 0 unspecified atom stereocenters. The van der Waals surface area contributed by atoms with E-state index in [0.717, 1.165) is 0 Å². The third-order valence-electron chi connectivity index (χ3n) is 4.51. The number of aryl methyl sites for hydroxylation is 1. The second-order valence-electron chi connectivity index (χ2n) is 6.61. The van der Waals surface area contributed by atoms with Crippen LogP contribution in [0.15, 0.2) is 47.4 Å². The lowest BCUT2D eigenvalue weighted by molar-refractivity contribution is -0.123. The number of hydrogen-bond donors (Lipinski definition) is 1. The first-order chi connectivity index (χ1) is 14.1. The fraction of sp³-hybridized carbons (Fsp3) is 0.333. The average molecular weight is 453 g/mol. The van der Waals surface area contributed by atoms with E-state index >= 15 is 0 Å². The molecule has 2 aromatic rings. The van der Waals surface area contributed by atoms with Crippen molar-refractivity contribution in [3.8, 4) is 0 Å². The monoisotopic (exact) mass is 452 g/mol. The molecule has 0 spiro atoms. The minimum Gasteiger partial charge on any atom is -0.449 e. The van der Waals surface area contributed by atoms with Gasteiger partial charge in [0.15, 0.2) is 6.10 Å². The highest BCUT2D eigenvalue weighted by Crippen LogP contribution is 2.22. The van der Waals surface area contributed by atoms with Crippen molar-refractivity contribution >= 4 is 39.2 Å². The van der Waals surface area contributed by atoms with Gasteiger partial charge in [0.25, 0.3) is 5.91 Å². The number of halogens is 1. The third-order valence-corrected chi connectivity index (χ3v) is 6.96. The summed E-state index contributed by atoms with van der Waals surface area (Å²) in [7, 11) is -3.74. The highest BCUT2D eigenvalue weighted by Gasteiger charge is 2.26. The molecule has 0 aromatic heterocycles. The van der Waals surface area contributed by atoms with Crippen molar-refractivity contribution in [1.82, 2.24) is 4.31 Å². The van der Waals surface area contributed by atoms with Gasteiger partial charge in [-0.1, -0.05) is 31.5 Å². The van der Waals surface area contributed by atoms with Crippen LogP contribution < -0.4 is 5.32 Å². The van der Waals surface area contributed by atoms with Crippen LogP contribution in [-0.4, -0.2) is 43.8 Å². The minimum atomic E-state index is -3.74. The van der Waals surface area contributed by atoms with Crippen molar-refractivity contribution in [2.75, 3.05) is 18.4 Å². The van der Waals surface area contributed by atoms with Gasteiger partial charge in [-0.05, 0) is 55.8 Å². The van der Waals surface area contributed by atoms with Crippen LogP contribution in [0.4, 0.5) is 5.69 Å². The van der Waals surface area contributed by atoms with Crippen molar-refractivity contribution in [1.29, 1.82) is 0 Å². The Balaban J connectivity index is 2.16. The van der Waals surface area contributed by atoms with Crippen LogP contribution in [0.5, 0.6) is 0 Å². The molecule has 0 aliphatic rings. The standard InChI is InChI=1S/C21H25ClN2O5S/c1-5-24(6-2)30(27,28)19-13-16(8-7-14(19)3)21(26)29-15(4)20(25)23-18-11-9-17(22)10-12-18/h7-13,15H,5-6H2,1-4H3,(H,23,25)/t15-/m1/s1. The Bertz CT molecular complexity index is 1020. The second-order valence-corrected chi connectivity index (χ2v) is 8.96. The van der Waals surface area contributed by atoms with Crippen LogP contribution in [-0.2, 0) is 19.6 Å². The molecule has 1 atom stereocenters. The second kappa shape index (κ2) is 10.1. The van der Waals surface area contributed by atoms with Crippen molar-refractivity contribution < 1.29 is 22.7 Å². The van der Waals surface area contributed by atoms with E-state index in [0.29, 0.717) is 29.4 Å². The molecule has 1 amide bonds. The average Bonchev–Trinajstić information content (AvgIpc) is 2.70. The highest BCUT2D eigenvalue weighted by molar-refractivity contribution is 7.89. The van der Waals surface area contributed by atoms with Gasteiger partial charge in [-0.3, -0.25) is 4.79 Å². The molecule has 0 bridgehead atoms. The number of anilines is 1. The molecule has 30 heavy (non-hydrogen) atoms. The van der Waals surface area contributed by atoms with E-state index < -0.39 is 28.0 Å². The fourth-order valence-corrected chi connectivity index (χ4v) is 4.60. The lowest BCUT2D eigenvalue weighted by Crippen LogP contribution is -2.32. The predicted octanol–water partition coefficient (Wildman–Crippen LogP) is 3.86. The Morgan fingerprint density at radius 2 is 1.70 bits per heavy atom. The van der Waals surface area contributed by atoms with Crippen molar-refractivity contribution in [3.63, 3.8) is 0 Å². The summed E-state index contributed by atoms with van der Waals surface area (Å²) in [5.41, 5.74) is 1.08. The Morgan fingerprint density at radius 3 is 2.27 bits per heavy atom. The molecule has 0 radical (unpaired) electrons. The normalized spacial score (nSPS) is 12.5. The molecule has 0 saturated heterocycles. The largest absolute Gasteiger partial charge is 0.449 e. The van der Waals surface area contributed by atoms with E-state index in [1.807, 2.05) is 0 Å². The molecule has 0 saturated carbocycles. The zero-order valence-electron chi connectivity index (χ0n) is 17.3. The summed E-state index contributed by atoms with van der Waals surface area (Å²) in [4.78, 5) is 24.9. The first-order valence-corrected chi connectivity index (χ1v) is 11.3. The quantitative estimate of drug-likeness (QED) is 0.614. The van der Waals surface area contributed by atoms with Crippen LogP contribution in [0.1, 0.15) is 36.7 Å². The lowest BCUT2D eigenvalue weighted by atomic mass is 10.1. The molecular weight excluding hydrogens is 428 g/mol.